The molecule has 54 heavy (non-hydrogen) atoms. The van der Waals surface area contributed by atoms with Crippen LogP contribution in [0, 0.1) is 0 Å². The maximum absolute atomic E-state index is 6.53. The van der Waals surface area contributed by atoms with Crippen LogP contribution >= 0.6 is 0 Å². The Balaban J connectivity index is 1.20. The van der Waals surface area contributed by atoms with Gasteiger partial charge in [-0.1, -0.05) is 91.0 Å². The van der Waals surface area contributed by atoms with Gasteiger partial charge < -0.3 is 23.3 Å². The van der Waals surface area contributed by atoms with Crippen LogP contribution in [-0.4, -0.2) is 27.5 Å². The monoisotopic (exact) mass is 703 g/mol. The van der Waals surface area contributed by atoms with E-state index in [4.69, 9.17) is 9.31 Å². The molecule has 1 saturated heterocycles. The molecule has 8 aromatic rings. The van der Waals surface area contributed by atoms with Gasteiger partial charge in [0.25, 0.3) is 0 Å². The number of fused-ring (bicyclic) bond motifs is 6. The minimum Gasteiger partial charge on any atom is -0.399 e. The highest BCUT2D eigenvalue weighted by molar-refractivity contribution is 6.62. The second kappa shape index (κ2) is 12.4. The fourth-order valence-electron chi connectivity index (χ4n) is 8.35. The Bertz CT molecular complexity index is 2780. The molecule has 2 aliphatic rings. The van der Waals surface area contributed by atoms with Gasteiger partial charge in [-0.3, -0.25) is 0 Å². The summed E-state index contributed by atoms with van der Waals surface area (Å²) in [4.78, 5) is 2.33. The van der Waals surface area contributed by atoms with E-state index in [1.807, 2.05) is 0 Å². The van der Waals surface area contributed by atoms with Crippen molar-refractivity contribution in [3.8, 4) is 11.4 Å². The highest BCUT2D eigenvalue weighted by Gasteiger charge is 2.51. The first-order valence-electron chi connectivity index (χ1n) is 19.0. The van der Waals surface area contributed by atoms with E-state index in [1.165, 1.54) is 26.7 Å². The summed E-state index contributed by atoms with van der Waals surface area (Å²) in [5.74, 6) is 0. The molecular formula is C48H42BN3O2. The first-order valence-corrected chi connectivity index (χ1v) is 19.0. The van der Waals surface area contributed by atoms with Crippen molar-refractivity contribution in [1.29, 1.82) is 0 Å². The normalized spacial score (nSPS) is 16.0. The number of hydrogen-bond donors (Lipinski definition) is 0. The lowest BCUT2D eigenvalue weighted by atomic mass is 9.79. The summed E-state index contributed by atoms with van der Waals surface area (Å²) in [5, 5.41) is 6.22. The summed E-state index contributed by atoms with van der Waals surface area (Å²) < 4.78 is 17.9. The third kappa shape index (κ3) is 5.16. The van der Waals surface area contributed by atoms with Crippen molar-refractivity contribution < 1.29 is 9.31 Å². The molecule has 0 saturated carbocycles. The van der Waals surface area contributed by atoms with Crippen LogP contribution in [0.25, 0.3) is 56.2 Å². The van der Waals surface area contributed by atoms with Crippen LogP contribution < -0.4 is 20.9 Å². The van der Waals surface area contributed by atoms with Crippen molar-refractivity contribution in [3.63, 3.8) is 0 Å². The predicted octanol–water partition coefficient (Wildman–Crippen LogP) is 9.85. The second-order valence-corrected chi connectivity index (χ2v) is 15.6. The van der Waals surface area contributed by atoms with E-state index in [2.05, 4.69) is 199 Å². The molecule has 2 aromatic heterocycles. The molecule has 0 spiro atoms. The van der Waals surface area contributed by atoms with Gasteiger partial charge in [-0.2, -0.15) is 0 Å². The van der Waals surface area contributed by atoms with Crippen LogP contribution in [0.3, 0.4) is 0 Å². The number of hydrogen-bond acceptors (Lipinski definition) is 3. The lowest BCUT2D eigenvalue weighted by Gasteiger charge is -2.32. The third-order valence-corrected chi connectivity index (χ3v) is 11.7. The Labute approximate surface area is 316 Å². The first-order chi connectivity index (χ1) is 26.3. The van der Waals surface area contributed by atoms with Crippen LogP contribution in [0.2, 0.25) is 0 Å². The summed E-state index contributed by atoms with van der Waals surface area (Å²) >= 11 is 0. The van der Waals surface area contributed by atoms with Crippen LogP contribution in [0.5, 0.6) is 0 Å². The van der Waals surface area contributed by atoms with Gasteiger partial charge in [0.15, 0.2) is 0 Å². The molecule has 0 radical (unpaired) electrons. The van der Waals surface area contributed by atoms with E-state index in [0.29, 0.717) is 0 Å². The zero-order valence-electron chi connectivity index (χ0n) is 31.2. The van der Waals surface area contributed by atoms with Crippen molar-refractivity contribution in [1.82, 2.24) is 9.13 Å². The van der Waals surface area contributed by atoms with Gasteiger partial charge in [0, 0.05) is 55.2 Å². The van der Waals surface area contributed by atoms with Gasteiger partial charge in [-0.15, -0.1) is 0 Å². The fourth-order valence-corrected chi connectivity index (χ4v) is 8.35. The molecule has 1 aliphatic heterocycles. The number of para-hydroxylation sites is 3. The standard InChI is InChI=1S/C48H42BN3O2/c1-47(2)48(3,4)54-49(53-47)33-24-27-40-39-22-14-15-23-43(39)52(44(40)30-33)38-26-29-42-41-28-25-37(31-45(41)51(46(42)32-38)36-20-12-7-13-21-36)50(34-16-8-5-9-17-34)35-18-10-6-11-19-35/h5-13,16-32H,14-15H2,1-4H3. The van der Waals surface area contributed by atoms with Crippen LogP contribution in [0.1, 0.15) is 40.5 Å². The van der Waals surface area contributed by atoms with Crippen molar-refractivity contribution in [2.75, 3.05) is 4.90 Å². The average Bonchev–Trinajstić information content (AvgIpc) is 3.78. The van der Waals surface area contributed by atoms with E-state index in [0.717, 1.165) is 63.3 Å². The average molecular weight is 704 g/mol. The Morgan fingerprint density at radius 2 is 1.06 bits per heavy atom. The number of rotatable bonds is 6. The lowest BCUT2D eigenvalue weighted by molar-refractivity contribution is 0.00578. The first kappa shape index (κ1) is 32.8. The van der Waals surface area contributed by atoms with E-state index < -0.39 is 18.3 Å². The Morgan fingerprint density at radius 1 is 0.500 bits per heavy atom. The largest absolute Gasteiger partial charge is 0.494 e. The zero-order valence-corrected chi connectivity index (χ0v) is 31.2. The summed E-state index contributed by atoms with van der Waals surface area (Å²) in [6.07, 6.45) is 6.85. The molecule has 3 heterocycles. The van der Waals surface area contributed by atoms with E-state index >= 15 is 0 Å². The minimum absolute atomic E-state index is 0.412. The number of aromatic nitrogens is 2. The van der Waals surface area contributed by atoms with Gasteiger partial charge in [0.05, 0.1) is 27.8 Å². The van der Waals surface area contributed by atoms with Crippen molar-refractivity contribution >= 4 is 74.5 Å². The van der Waals surface area contributed by atoms with E-state index in [9.17, 15) is 0 Å². The Kier molecular flexibility index (Phi) is 7.52. The second-order valence-electron chi connectivity index (χ2n) is 15.6. The van der Waals surface area contributed by atoms with Crippen molar-refractivity contribution in [2.24, 2.45) is 0 Å². The molecule has 0 N–H and O–H groups in total. The van der Waals surface area contributed by atoms with Gasteiger partial charge in [0.1, 0.15) is 0 Å². The molecular weight excluding hydrogens is 661 g/mol. The van der Waals surface area contributed by atoms with E-state index in [1.54, 1.807) is 0 Å². The smallest absolute Gasteiger partial charge is 0.399 e. The molecule has 6 aromatic carbocycles. The zero-order chi connectivity index (χ0) is 36.6. The number of nitrogens with zero attached hydrogens (tertiary/aromatic N) is 3. The minimum atomic E-state index is -0.434. The predicted molar refractivity (Wildman–Crippen MR) is 225 cm³/mol. The quantitative estimate of drug-likeness (QED) is 0.162. The van der Waals surface area contributed by atoms with Crippen LogP contribution in [-0.2, 0) is 9.31 Å². The number of benzene rings is 6. The third-order valence-electron chi connectivity index (χ3n) is 11.7. The molecule has 1 fully saturated rings. The molecule has 1 aliphatic carbocycles. The van der Waals surface area contributed by atoms with Crippen molar-refractivity contribution in [2.45, 2.75) is 51.7 Å². The molecule has 6 heteroatoms. The molecule has 10 rings (SSSR count). The van der Waals surface area contributed by atoms with Gasteiger partial charge >= 0.3 is 7.12 Å². The number of anilines is 3. The summed E-state index contributed by atoms with van der Waals surface area (Å²) in [7, 11) is -0.434. The maximum atomic E-state index is 6.53. The molecule has 0 amide bonds. The maximum Gasteiger partial charge on any atom is 0.494 e. The van der Waals surface area contributed by atoms with E-state index in [-0.39, 0.29) is 0 Å². The molecule has 0 atom stereocenters. The molecule has 0 unspecified atom stereocenters. The topological polar surface area (TPSA) is 31.6 Å². The SMILES string of the molecule is CC1(C)OB(c2ccc3c4c(n(-c5ccc6c7ccc(N(c8ccccc8)c8ccccc8)cc7n(-c7ccccc7)c6c5)c3c2)=CCCC=4)OC1(C)C. The summed E-state index contributed by atoms with van der Waals surface area (Å²) in [6, 6.07) is 52.5. The Morgan fingerprint density at radius 3 is 1.72 bits per heavy atom. The summed E-state index contributed by atoms with van der Waals surface area (Å²) in [5.41, 5.74) is 9.27. The molecule has 0 bridgehead atoms. The van der Waals surface area contributed by atoms with Gasteiger partial charge in [-0.05, 0) is 113 Å². The van der Waals surface area contributed by atoms with Gasteiger partial charge in [0.2, 0.25) is 0 Å². The summed E-state index contributed by atoms with van der Waals surface area (Å²) in [6.45, 7) is 8.45. The molecule has 264 valence electrons. The lowest BCUT2D eigenvalue weighted by Crippen LogP contribution is -2.41. The van der Waals surface area contributed by atoms with Gasteiger partial charge in [-0.25, -0.2) is 0 Å². The molecule has 5 nitrogen and oxygen atoms in total. The fraction of sp³-hybridized carbons (Fsp3) is 0.167. The van der Waals surface area contributed by atoms with Crippen LogP contribution in [0.15, 0.2) is 146 Å². The Hall–Kier alpha value is -5.82. The highest BCUT2D eigenvalue weighted by Crippen LogP contribution is 2.40. The highest BCUT2D eigenvalue weighted by atomic mass is 16.7. The van der Waals surface area contributed by atoms with Crippen LogP contribution in [0.4, 0.5) is 17.1 Å². The van der Waals surface area contributed by atoms with Crippen molar-refractivity contribution in [3.05, 3.63) is 156 Å².